The molecule has 2 aromatic carbocycles. The smallest absolute Gasteiger partial charge is 0.407 e. The first-order chi connectivity index (χ1) is 16.8. The summed E-state index contributed by atoms with van der Waals surface area (Å²) in [7, 11) is 3.65. The van der Waals surface area contributed by atoms with Crippen LogP contribution in [0.2, 0.25) is 0 Å². The lowest BCUT2D eigenvalue weighted by molar-refractivity contribution is -0.143. The molecule has 2 saturated carbocycles. The second-order valence-electron chi connectivity index (χ2n) is 10.3. The number of carbonyl (C=O) groups is 3. The molecule has 2 fully saturated rings. The standard InChI is InChI=1S/C27H31N3O5/c1-30(2)14-23(24(31)28-17-11-16-12-27(16,13-17)25(32)33)29-26(34)35-15-22-20-9-5-3-7-18(20)19-8-4-6-10-21(19)22/h3-10,16-17,22-23H,11-15H2,1-2H3,(H,28,31)(H,29,34)(H,32,33)/t16-,17+,23?,27+/m0/s1. The monoisotopic (exact) mass is 477 g/mol. The molecule has 0 aliphatic heterocycles. The summed E-state index contributed by atoms with van der Waals surface area (Å²) in [4.78, 5) is 39.1. The first-order valence-corrected chi connectivity index (χ1v) is 12.1. The van der Waals surface area contributed by atoms with Crippen molar-refractivity contribution in [3.8, 4) is 11.1 Å². The summed E-state index contributed by atoms with van der Waals surface area (Å²) in [5.74, 6) is -1.03. The molecule has 8 heteroatoms. The van der Waals surface area contributed by atoms with Gasteiger partial charge in [0.1, 0.15) is 12.6 Å². The van der Waals surface area contributed by atoms with Crippen LogP contribution in [0.15, 0.2) is 48.5 Å². The van der Waals surface area contributed by atoms with E-state index in [1.54, 1.807) is 0 Å². The minimum absolute atomic E-state index is 0.0632. The molecule has 184 valence electrons. The maximum Gasteiger partial charge on any atom is 0.407 e. The molecule has 35 heavy (non-hydrogen) atoms. The molecule has 0 saturated heterocycles. The highest BCUT2D eigenvalue weighted by Gasteiger charge is 2.65. The molecule has 3 N–H and O–H groups in total. The molecular weight excluding hydrogens is 446 g/mol. The molecule has 3 aliphatic carbocycles. The fourth-order valence-electron chi connectivity index (χ4n) is 5.91. The van der Waals surface area contributed by atoms with E-state index in [-0.39, 0.29) is 30.4 Å². The number of hydrogen-bond donors (Lipinski definition) is 3. The number of carboxylic acids is 1. The van der Waals surface area contributed by atoms with E-state index < -0.39 is 23.5 Å². The summed E-state index contributed by atoms with van der Waals surface area (Å²) in [5, 5.41) is 15.2. The van der Waals surface area contributed by atoms with Crippen LogP contribution in [0, 0.1) is 11.3 Å². The van der Waals surface area contributed by atoms with Gasteiger partial charge in [0.05, 0.1) is 5.41 Å². The van der Waals surface area contributed by atoms with Crippen LogP contribution in [-0.4, -0.2) is 67.3 Å². The van der Waals surface area contributed by atoms with Crippen molar-refractivity contribution in [2.75, 3.05) is 27.2 Å². The van der Waals surface area contributed by atoms with Crippen LogP contribution in [-0.2, 0) is 14.3 Å². The van der Waals surface area contributed by atoms with Crippen molar-refractivity contribution in [2.45, 2.75) is 37.3 Å². The zero-order valence-corrected chi connectivity index (χ0v) is 20.0. The molecule has 2 aromatic rings. The maximum atomic E-state index is 13.0. The van der Waals surface area contributed by atoms with Crippen molar-refractivity contribution in [3.05, 3.63) is 59.7 Å². The predicted molar refractivity (Wildman–Crippen MR) is 130 cm³/mol. The number of carbonyl (C=O) groups excluding carboxylic acids is 2. The van der Waals surface area contributed by atoms with Crippen LogP contribution in [0.1, 0.15) is 36.3 Å². The van der Waals surface area contributed by atoms with E-state index in [9.17, 15) is 19.5 Å². The number of aliphatic carboxylic acids is 1. The van der Waals surface area contributed by atoms with Crippen LogP contribution in [0.25, 0.3) is 11.1 Å². The van der Waals surface area contributed by atoms with Gasteiger partial charge in [-0.3, -0.25) is 9.59 Å². The number of nitrogens with one attached hydrogen (secondary N) is 2. The van der Waals surface area contributed by atoms with Gasteiger partial charge < -0.3 is 25.4 Å². The lowest BCUT2D eigenvalue weighted by Crippen LogP contribution is -2.53. The van der Waals surface area contributed by atoms with Crippen LogP contribution >= 0.6 is 0 Å². The lowest BCUT2D eigenvalue weighted by atomic mass is 9.98. The first kappa shape index (κ1) is 23.4. The Labute approximate surface area is 204 Å². The lowest BCUT2D eigenvalue weighted by Gasteiger charge is -2.24. The van der Waals surface area contributed by atoms with E-state index in [2.05, 4.69) is 34.9 Å². The third-order valence-corrected chi connectivity index (χ3v) is 7.68. The molecular formula is C27H31N3O5. The van der Waals surface area contributed by atoms with Crippen molar-refractivity contribution < 1.29 is 24.2 Å². The Bertz CT molecular complexity index is 1120. The fraction of sp³-hybridized carbons (Fsp3) is 0.444. The van der Waals surface area contributed by atoms with Gasteiger partial charge in [0, 0.05) is 18.5 Å². The van der Waals surface area contributed by atoms with Gasteiger partial charge in [-0.25, -0.2) is 4.79 Å². The number of amides is 2. The number of nitrogens with zero attached hydrogens (tertiary/aromatic N) is 1. The molecule has 4 atom stereocenters. The molecule has 0 radical (unpaired) electrons. The Morgan fingerprint density at radius 1 is 1.06 bits per heavy atom. The maximum absolute atomic E-state index is 13.0. The number of rotatable bonds is 8. The zero-order chi connectivity index (χ0) is 24.7. The summed E-state index contributed by atoms with van der Waals surface area (Å²) in [6, 6.07) is 15.2. The number of benzene rings is 2. The van der Waals surface area contributed by atoms with Crippen LogP contribution in [0.3, 0.4) is 0 Å². The third kappa shape index (κ3) is 4.38. The largest absolute Gasteiger partial charge is 0.481 e. The molecule has 0 aromatic heterocycles. The number of carboxylic acid groups (broad SMARTS) is 1. The predicted octanol–water partition coefficient (Wildman–Crippen LogP) is 2.82. The molecule has 0 spiro atoms. The minimum Gasteiger partial charge on any atom is -0.481 e. The molecule has 8 nitrogen and oxygen atoms in total. The summed E-state index contributed by atoms with van der Waals surface area (Å²) >= 11 is 0. The van der Waals surface area contributed by atoms with Gasteiger partial charge in [-0.1, -0.05) is 48.5 Å². The quantitative estimate of drug-likeness (QED) is 0.540. The van der Waals surface area contributed by atoms with E-state index in [1.165, 1.54) is 0 Å². The minimum atomic E-state index is -0.807. The van der Waals surface area contributed by atoms with E-state index in [0.717, 1.165) is 22.3 Å². The highest BCUT2D eigenvalue weighted by Crippen LogP contribution is 2.63. The van der Waals surface area contributed by atoms with Gasteiger partial charge >= 0.3 is 12.1 Å². The molecule has 0 bridgehead atoms. The van der Waals surface area contributed by atoms with Crippen LogP contribution in [0.4, 0.5) is 4.79 Å². The normalized spacial score (nSPS) is 24.8. The van der Waals surface area contributed by atoms with Crippen LogP contribution in [0.5, 0.6) is 0 Å². The number of hydrogen-bond acceptors (Lipinski definition) is 5. The average molecular weight is 478 g/mol. The van der Waals surface area contributed by atoms with E-state index >= 15 is 0 Å². The number of fused-ring (bicyclic) bond motifs is 4. The van der Waals surface area contributed by atoms with Gasteiger partial charge in [0.2, 0.25) is 5.91 Å². The van der Waals surface area contributed by atoms with Crippen molar-refractivity contribution in [1.29, 1.82) is 0 Å². The van der Waals surface area contributed by atoms with Crippen molar-refractivity contribution >= 4 is 18.0 Å². The summed E-state index contributed by atoms with van der Waals surface area (Å²) < 4.78 is 5.62. The molecule has 2 amide bonds. The second kappa shape index (κ2) is 9.00. The van der Waals surface area contributed by atoms with Crippen molar-refractivity contribution in [3.63, 3.8) is 0 Å². The molecule has 0 heterocycles. The highest BCUT2D eigenvalue weighted by atomic mass is 16.5. The van der Waals surface area contributed by atoms with E-state index in [1.807, 2.05) is 43.3 Å². The zero-order valence-electron chi connectivity index (χ0n) is 20.0. The van der Waals surface area contributed by atoms with Gasteiger partial charge in [-0.15, -0.1) is 0 Å². The Kier molecular flexibility index (Phi) is 6.01. The summed E-state index contributed by atoms with van der Waals surface area (Å²) in [6.45, 7) is 0.470. The molecule has 5 rings (SSSR count). The van der Waals surface area contributed by atoms with E-state index in [4.69, 9.17) is 4.74 Å². The number of alkyl carbamates (subject to hydrolysis) is 1. The van der Waals surface area contributed by atoms with E-state index in [0.29, 0.717) is 25.8 Å². The Balaban J connectivity index is 1.20. The Morgan fingerprint density at radius 3 is 2.26 bits per heavy atom. The Morgan fingerprint density at radius 2 is 1.69 bits per heavy atom. The first-order valence-electron chi connectivity index (χ1n) is 12.1. The number of likely N-dealkylation sites (N-methyl/N-ethyl adjacent to an activating group) is 1. The van der Waals surface area contributed by atoms with Gasteiger partial charge in [0.25, 0.3) is 0 Å². The highest BCUT2D eigenvalue weighted by molar-refractivity contribution is 5.87. The molecule has 3 aliphatic rings. The molecule has 1 unspecified atom stereocenters. The average Bonchev–Trinajstić information content (AvgIpc) is 3.26. The fourth-order valence-corrected chi connectivity index (χ4v) is 5.91. The van der Waals surface area contributed by atoms with Gasteiger partial charge in [0.15, 0.2) is 0 Å². The van der Waals surface area contributed by atoms with Crippen LogP contribution < -0.4 is 10.6 Å². The van der Waals surface area contributed by atoms with Crippen molar-refractivity contribution in [1.82, 2.24) is 15.5 Å². The number of ether oxygens (including phenoxy) is 1. The van der Waals surface area contributed by atoms with Gasteiger partial charge in [-0.2, -0.15) is 0 Å². The summed E-state index contributed by atoms with van der Waals surface area (Å²) in [6.07, 6.45) is 1.15. The SMILES string of the molecule is CN(C)CC(NC(=O)OCC1c2ccccc2-c2ccccc21)C(=O)N[C@@H]1C[C@H]2C[C@@]2(C(=O)O)C1. The van der Waals surface area contributed by atoms with Crippen molar-refractivity contribution in [2.24, 2.45) is 11.3 Å². The second-order valence-corrected chi connectivity index (χ2v) is 10.3. The topological polar surface area (TPSA) is 108 Å². The Hall–Kier alpha value is -3.39. The van der Waals surface area contributed by atoms with Gasteiger partial charge in [-0.05, 0) is 61.5 Å². The third-order valence-electron chi connectivity index (χ3n) is 7.68. The summed E-state index contributed by atoms with van der Waals surface area (Å²) in [5.41, 5.74) is 3.87.